The van der Waals surface area contributed by atoms with Crippen LogP contribution in [0.4, 0.5) is 0 Å². The van der Waals surface area contributed by atoms with Crippen LogP contribution in [0, 0.1) is 6.92 Å². The van der Waals surface area contributed by atoms with Gasteiger partial charge >= 0.3 is 0 Å². The Balaban J connectivity index is 1.85. The minimum Gasteiger partial charge on any atom is -0.333 e. The number of hydrogen-bond acceptors (Lipinski definition) is 2. The maximum atomic E-state index is 12.6. The van der Waals surface area contributed by atoms with Crippen molar-refractivity contribution in [2.75, 3.05) is 0 Å². The molecule has 1 aromatic rings. The van der Waals surface area contributed by atoms with Crippen molar-refractivity contribution >= 4 is 21.8 Å². The van der Waals surface area contributed by atoms with Crippen molar-refractivity contribution in [2.24, 2.45) is 0 Å². The van der Waals surface area contributed by atoms with Crippen LogP contribution in [0.2, 0.25) is 0 Å². The smallest absolute Gasteiger partial charge is 0.254 e. The average Bonchev–Trinajstić information content (AvgIpc) is 2.61. The molecule has 2 fully saturated rings. The van der Waals surface area contributed by atoms with Gasteiger partial charge in [-0.3, -0.25) is 9.78 Å². The van der Waals surface area contributed by atoms with E-state index in [1.165, 1.54) is 0 Å². The number of hydrogen-bond donors (Lipinski definition) is 0. The Labute approximate surface area is 116 Å². The van der Waals surface area contributed by atoms with Gasteiger partial charge < -0.3 is 4.90 Å². The van der Waals surface area contributed by atoms with Crippen molar-refractivity contribution in [1.82, 2.24) is 9.88 Å². The molecule has 0 aromatic carbocycles. The maximum Gasteiger partial charge on any atom is 0.254 e. The third kappa shape index (κ3) is 2.07. The highest BCUT2D eigenvalue weighted by atomic mass is 79.9. The molecule has 4 heteroatoms. The van der Waals surface area contributed by atoms with E-state index >= 15 is 0 Å². The van der Waals surface area contributed by atoms with Gasteiger partial charge in [-0.2, -0.15) is 0 Å². The summed E-state index contributed by atoms with van der Waals surface area (Å²) in [4.78, 5) is 19.5. The van der Waals surface area contributed by atoms with E-state index in [4.69, 9.17) is 0 Å². The molecule has 2 atom stereocenters. The largest absolute Gasteiger partial charge is 0.333 e. The van der Waals surface area contributed by atoms with E-state index in [2.05, 4.69) is 25.8 Å². The first-order chi connectivity index (χ1) is 8.65. The Morgan fingerprint density at radius 1 is 1.39 bits per heavy atom. The van der Waals surface area contributed by atoms with E-state index in [0.717, 1.165) is 36.9 Å². The quantitative estimate of drug-likeness (QED) is 0.747. The summed E-state index contributed by atoms with van der Waals surface area (Å²) in [5.74, 6) is 0.187. The van der Waals surface area contributed by atoms with Gasteiger partial charge in [0.1, 0.15) is 0 Å². The molecule has 2 saturated heterocycles. The van der Waals surface area contributed by atoms with Crippen LogP contribution in [0.1, 0.15) is 41.7 Å². The Morgan fingerprint density at radius 2 is 2.06 bits per heavy atom. The van der Waals surface area contributed by atoms with Gasteiger partial charge in [-0.15, -0.1) is 0 Å². The predicted octanol–water partition coefficient (Wildman–Crippen LogP) is 2.92. The zero-order valence-corrected chi connectivity index (χ0v) is 12.1. The van der Waals surface area contributed by atoms with E-state index in [9.17, 15) is 4.79 Å². The molecule has 1 amide bonds. The Bertz CT molecular complexity index is 463. The lowest BCUT2D eigenvalue weighted by atomic mass is 10.0. The van der Waals surface area contributed by atoms with Crippen molar-refractivity contribution in [3.63, 3.8) is 0 Å². The highest BCUT2D eigenvalue weighted by molar-refractivity contribution is 9.09. The molecule has 0 saturated carbocycles. The maximum absolute atomic E-state index is 12.6. The highest BCUT2D eigenvalue weighted by Crippen LogP contribution is 2.39. The summed E-state index contributed by atoms with van der Waals surface area (Å²) < 4.78 is 0. The molecule has 0 aliphatic carbocycles. The first kappa shape index (κ1) is 12.2. The van der Waals surface area contributed by atoms with Crippen molar-refractivity contribution < 1.29 is 4.79 Å². The van der Waals surface area contributed by atoms with Gasteiger partial charge in [0.15, 0.2) is 0 Å². The van der Waals surface area contributed by atoms with Crippen LogP contribution in [-0.2, 0) is 0 Å². The van der Waals surface area contributed by atoms with Crippen LogP contribution < -0.4 is 0 Å². The number of carbonyl (C=O) groups excluding carboxylic acids is 1. The monoisotopic (exact) mass is 308 g/mol. The van der Waals surface area contributed by atoms with Crippen molar-refractivity contribution in [3.05, 3.63) is 29.6 Å². The van der Waals surface area contributed by atoms with Gasteiger partial charge in [0.25, 0.3) is 5.91 Å². The summed E-state index contributed by atoms with van der Waals surface area (Å²) in [5.41, 5.74) is 1.69. The molecule has 1 aromatic heterocycles. The van der Waals surface area contributed by atoms with Crippen molar-refractivity contribution in [2.45, 2.75) is 49.5 Å². The van der Waals surface area contributed by atoms with Gasteiger partial charge in [0.05, 0.1) is 0 Å². The number of carbonyl (C=O) groups is 1. The average molecular weight is 309 g/mol. The van der Waals surface area contributed by atoms with Crippen LogP contribution in [0.25, 0.3) is 0 Å². The Hall–Kier alpha value is -0.900. The predicted molar refractivity (Wildman–Crippen MR) is 73.9 cm³/mol. The normalized spacial score (nSPS) is 30.6. The number of piperidine rings is 1. The number of aromatic nitrogens is 1. The lowest BCUT2D eigenvalue weighted by molar-refractivity contribution is 0.0603. The molecule has 3 nitrogen and oxygen atoms in total. The first-order valence-corrected chi connectivity index (χ1v) is 7.46. The molecule has 3 rings (SSSR count). The lowest BCUT2D eigenvalue weighted by Crippen LogP contribution is -2.46. The zero-order chi connectivity index (χ0) is 12.7. The first-order valence-electron chi connectivity index (χ1n) is 6.54. The molecular formula is C14H17BrN2O. The molecule has 2 bridgehead atoms. The molecule has 2 aliphatic heterocycles. The Morgan fingerprint density at radius 3 is 2.67 bits per heavy atom. The molecular weight excluding hydrogens is 292 g/mol. The molecule has 96 valence electrons. The highest BCUT2D eigenvalue weighted by Gasteiger charge is 2.42. The molecule has 0 radical (unpaired) electrons. The Kier molecular flexibility index (Phi) is 3.14. The second kappa shape index (κ2) is 4.65. The molecule has 2 unspecified atom stereocenters. The van der Waals surface area contributed by atoms with E-state index < -0.39 is 0 Å². The number of pyridine rings is 1. The number of rotatable bonds is 1. The third-order valence-electron chi connectivity index (χ3n) is 4.05. The fourth-order valence-electron chi connectivity index (χ4n) is 3.27. The van der Waals surface area contributed by atoms with Crippen LogP contribution in [0.3, 0.4) is 0 Å². The van der Waals surface area contributed by atoms with Crippen molar-refractivity contribution in [1.29, 1.82) is 0 Å². The summed E-state index contributed by atoms with van der Waals surface area (Å²) in [6, 6.07) is 4.57. The SMILES string of the molecule is Cc1cc(C(=O)N2C3CCC2CC(Br)C3)ccn1. The molecule has 3 heterocycles. The van der Waals surface area contributed by atoms with Crippen LogP contribution in [0.5, 0.6) is 0 Å². The second-order valence-corrected chi connectivity index (χ2v) is 6.65. The fraction of sp³-hybridized carbons (Fsp3) is 0.571. The van der Waals surface area contributed by atoms with Gasteiger partial charge in [-0.1, -0.05) is 15.9 Å². The number of nitrogens with zero attached hydrogens (tertiary/aromatic N) is 2. The van der Waals surface area contributed by atoms with Crippen LogP contribution in [0.15, 0.2) is 18.3 Å². The van der Waals surface area contributed by atoms with E-state index in [0.29, 0.717) is 16.9 Å². The van der Waals surface area contributed by atoms with Gasteiger partial charge in [-0.05, 0) is 44.7 Å². The minimum atomic E-state index is 0.187. The van der Waals surface area contributed by atoms with Gasteiger partial charge in [0.2, 0.25) is 0 Å². The molecule has 18 heavy (non-hydrogen) atoms. The fourth-order valence-corrected chi connectivity index (χ4v) is 4.13. The van der Waals surface area contributed by atoms with Gasteiger partial charge in [-0.25, -0.2) is 0 Å². The molecule has 2 aliphatic rings. The zero-order valence-electron chi connectivity index (χ0n) is 10.5. The van der Waals surface area contributed by atoms with Crippen LogP contribution >= 0.6 is 15.9 Å². The number of alkyl halides is 1. The minimum absolute atomic E-state index is 0.187. The second-order valence-electron chi connectivity index (χ2n) is 5.35. The van der Waals surface area contributed by atoms with Crippen molar-refractivity contribution in [3.8, 4) is 0 Å². The topological polar surface area (TPSA) is 33.2 Å². The number of aryl methyl sites for hydroxylation is 1. The standard InChI is InChI=1S/C14H17BrN2O/c1-9-6-10(4-5-16-9)14(18)17-12-2-3-13(17)8-11(15)7-12/h4-6,11-13H,2-3,7-8H2,1H3. The van der Waals surface area contributed by atoms with E-state index in [1.54, 1.807) is 6.20 Å². The summed E-state index contributed by atoms with van der Waals surface area (Å²) in [5, 5.41) is 0. The lowest BCUT2D eigenvalue weighted by Gasteiger charge is -2.37. The number of fused-ring (bicyclic) bond motifs is 2. The number of halogens is 1. The van der Waals surface area contributed by atoms with Gasteiger partial charge in [0, 0.05) is 34.4 Å². The summed E-state index contributed by atoms with van der Waals surface area (Å²) >= 11 is 3.71. The molecule has 0 spiro atoms. The van der Waals surface area contributed by atoms with Crippen LogP contribution in [-0.4, -0.2) is 32.7 Å². The third-order valence-corrected chi connectivity index (χ3v) is 4.80. The summed E-state index contributed by atoms with van der Waals surface area (Å²) in [6.45, 7) is 1.93. The summed E-state index contributed by atoms with van der Waals surface area (Å²) in [7, 11) is 0. The van der Waals surface area contributed by atoms with E-state index in [1.807, 2.05) is 19.1 Å². The number of amides is 1. The molecule has 0 N–H and O–H groups in total. The summed E-state index contributed by atoms with van der Waals surface area (Å²) in [6.07, 6.45) is 6.21. The van der Waals surface area contributed by atoms with E-state index in [-0.39, 0.29) is 5.91 Å².